The molecule has 1 fully saturated rings. The summed E-state index contributed by atoms with van der Waals surface area (Å²) in [4.78, 5) is 19.4. The van der Waals surface area contributed by atoms with E-state index in [1.165, 1.54) is 12.1 Å². The third kappa shape index (κ3) is 7.55. The maximum atomic E-state index is 13.2. The fourth-order valence-electron chi connectivity index (χ4n) is 5.38. The Balaban J connectivity index is 1.37. The first-order valence-electron chi connectivity index (χ1n) is 13.6. The first kappa shape index (κ1) is 29.9. The highest BCUT2D eigenvalue weighted by molar-refractivity contribution is 6.29. The van der Waals surface area contributed by atoms with E-state index in [4.69, 9.17) is 16.3 Å². The van der Waals surface area contributed by atoms with Gasteiger partial charge in [-0.2, -0.15) is 13.2 Å². The Bertz CT molecular complexity index is 1270. The molecule has 214 valence electrons. The molecule has 0 bridgehead atoms. The molecule has 1 saturated heterocycles. The zero-order valence-corrected chi connectivity index (χ0v) is 23.7. The van der Waals surface area contributed by atoms with E-state index in [0.29, 0.717) is 18.0 Å². The number of carbonyl (C=O) groups is 1. The van der Waals surface area contributed by atoms with Gasteiger partial charge in [0.1, 0.15) is 11.3 Å². The number of halogens is 4. The van der Waals surface area contributed by atoms with Crippen LogP contribution in [-0.4, -0.2) is 41.5 Å². The van der Waals surface area contributed by atoms with E-state index in [0.717, 1.165) is 61.2 Å². The minimum absolute atomic E-state index is 0.0485. The molecule has 1 N–H and O–H groups in total. The molecule has 40 heavy (non-hydrogen) atoms. The smallest absolute Gasteiger partial charge is 0.416 e. The van der Waals surface area contributed by atoms with Crippen molar-refractivity contribution in [2.45, 2.75) is 58.4 Å². The van der Waals surface area contributed by atoms with Gasteiger partial charge in [-0.1, -0.05) is 48.0 Å². The highest BCUT2D eigenvalue weighted by atomic mass is 35.5. The van der Waals surface area contributed by atoms with Gasteiger partial charge in [-0.25, -0.2) is 4.98 Å². The Morgan fingerprint density at radius 1 is 1.05 bits per heavy atom. The van der Waals surface area contributed by atoms with Crippen molar-refractivity contribution < 1.29 is 22.7 Å². The number of hydrogen-bond acceptors (Lipinski definition) is 4. The van der Waals surface area contributed by atoms with Crippen molar-refractivity contribution in [3.8, 4) is 5.88 Å². The van der Waals surface area contributed by atoms with Crippen molar-refractivity contribution in [2.75, 3.05) is 19.6 Å². The summed E-state index contributed by atoms with van der Waals surface area (Å²) in [6, 6.07) is 16.4. The Hall–Kier alpha value is -3.10. The standard InChI is InChI=1S/C31H35ClF3N3O2/c1-20-6-4-7-21(2)28(20)30(39)36-17-14-22(3)38-18-15-24(16-19-38)29(40-27-9-5-8-26(32)37-27)23-10-12-25(13-11-23)31(33,34)35/h4-13,22,24,29H,14-19H2,1-3H3,(H,36,39). The number of nitrogens with one attached hydrogen (secondary N) is 1. The molecule has 1 aromatic heterocycles. The molecule has 0 saturated carbocycles. The summed E-state index contributed by atoms with van der Waals surface area (Å²) < 4.78 is 45.7. The lowest BCUT2D eigenvalue weighted by Gasteiger charge is -2.39. The van der Waals surface area contributed by atoms with Gasteiger partial charge in [0.05, 0.1) is 5.56 Å². The first-order chi connectivity index (χ1) is 19.0. The predicted molar refractivity (Wildman–Crippen MR) is 151 cm³/mol. The normalized spacial score (nSPS) is 16.4. The molecule has 1 aliphatic heterocycles. The summed E-state index contributed by atoms with van der Waals surface area (Å²) in [7, 11) is 0. The predicted octanol–water partition coefficient (Wildman–Crippen LogP) is 7.41. The van der Waals surface area contributed by atoms with Gasteiger partial charge >= 0.3 is 6.18 Å². The fraction of sp³-hybridized carbons (Fsp3) is 0.419. The minimum Gasteiger partial charge on any atom is -0.469 e. The Labute approximate surface area is 238 Å². The van der Waals surface area contributed by atoms with Gasteiger partial charge in [-0.15, -0.1) is 0 Å². The summed E-state index contributed by atoms with van der Waals surface area (Å²) in [5.74, 6) is 0.380. The zero-order valence-electron chi connectivity index (χ0n) is 23.0. The van der Waals surface area contributed by atoms with Crippen LogP contribution in [0.5, 0.6) is 5.88 Å². The lowest BCUT2D eigenvalue weighted by molar-refractivity contribution is -0.137. The van der Waals surface area contributed by atoms with Gasteiger partial charge in [0.25, 0.3) is 5.91 Å². The monoisotopic (exact) mass is 573 g/mol. The molecule has 0 spiro atoms. The molecular weight excluding hydrogens is 539 g/mol. The number of hydrogen-bond donors (Lipinski definition) is 1. The number of ether oxygens (including phenoxy) is 1. The second kappa shape index (κ2) is 13.0. The first-order valence-corrected chi connectivity index (χ1v) is 14.0. The van der Waals surface area contributed by atoms with Crippen LogP contribution in [0.2, 0.25) is 5.15 Å². The molecule has 0 aliphatic carbocycles. The maximum Gasteiger partial charge on any atom is 0.416 e. The van der Waals surface area contributed by atoms with Crippen molar-refractivity contribution in [3.63, 3.8) is 0 Å². The van der Waals surface area contributed by atoms with Gasteiger partial charge in [-0.3, -0.25) is 4.79 Å². The Kier molecular flexibility index (Phi) is 9.74. The summed E-state index contributed by atoms with van der Waals surface area (Å²) in [5, 5.41) is 3.35. The largest absolute Gasteiger partial charge is 0.469 e. The number of pyridine rings is 1. The van der Waals surface area contributed by atoms with Gasteiger partial charge in [0.15, 0.2) is 0 Å². The highest BCUT2D eigenvalue weighted by Gasteiger charge is 2.33. The number of aromatic nitrogens is 1. The molecule has 1 aliphatic rings. The second-order valence-electron chi connectivity index (χ2n) is 10.5. The van der Waals surface area contributed by atoms with Crippen LogP contribution in [0.25, 0.3) is 0 Å². The van der Waals surface area contributed by atoms with Crippen LogP contribution in [0.15, 0.2) is 60.7 Å². The van der Waals surface area contributed by atoms with Gasteiger partial charge in [0, 0.05) is 30.1 Å². The van der Waals surface area contributed by atoms with Crippen molar-refractivity contribution in [2.24, 2.45) is 5.92 Å². The van der Waals surface area contributed by atoms with E-state index < -0.39 is 17.8 Å². The van der Waals surface area contributed by atoms with E-state index in [2.05, 4.69) is 22.1 Å². The van der Waals surface area contributed by atoms with Gasteiger partial charge in [0.2, 0.25) is 5.88 Å². The van der Waals surface area contributed by atoms with E-state index in [1.807, 2.05) is 32.0 Å². The van der Waals surface area contributed by atoms with Crippen LogP contribution >= 0.6 is 11.6 Å². The van der Waals surface area contributed by atoms with Crippen LogP contribution in [0.3, 0.4) is 0 Å². The highest BCUT2D eigenvalue weighted by Crippen LogP contribution is 2.37. The summed E-state index contributed by atoms with van der Waals surface area (Å²) >= 11 is 6.05. The van der Waals surface area contributed by atoms with Crippen LogP contribution in [0.4, 0.5) is 13.2 Å². The third-order valence-electron chi connectivity index (χ3n) is 7.69. The third-order valence-corrected chi connectivity index (χ3v) is 7.90. The van der Waals surface area contributed by atoms with Crippen molar-refractivity contribution in [3.05, 3.63) is 93.6 Å². The van der Waals surface area contributed by atoms with Crippen LogP contribution < -0.4 is 10.1 Å². The van der Waals surface area contributed by atoms with Crippen LogP contribution in [0, 0.1) is 19.8 Å². The molecule has 2 aromatic carbocycles. The summed E-state index contributed by atoms with van der Waals surface area (Å²) in [6.07, 6.45) is -2.42. The number of nitrogens with zero attached hydrogens (tertiary/aromatic N) is 2. The summed E-state index contributed by atoms with van der Waals surface area (Å²) in [6.45, 7) is 8.26. The molecule has 2 atom stereocenters. The van der Waals surface area contributed by atoms with Crippen molar-refractivity contribution in [1.82, 2.24) is 15.2 Å². The topological polar surface area (TPSA) is 54.5 Å². The molecule has 2 unspecified atom stereocenters. The molecule has 5 nitrogen and oxygen atoms in total. The number of carbonyl (C=O) groups excluding carboxylic acids is 1. The van der Waals surface area contributed by atoms with Crippen LogP contribution in [-0.2, 0) is 6.18 Å². The molecule has 3 aromatic rings. The lowest BCUT2D eigenvalue weighted by Crippen LogP contribution is -2.43. The fourth-order valence-corrected chi connectivity index (χ4v) is 5.54. The zero-order chi connectivity index (χ0) is 28.9. The average Bonchev–Trinajstić information content (AvgIpc) is 2.91. The number of benzene rings is 2. The molecular formula is C31H35ClF3N3O2. The lowest BCUT2D eigenvalue weighted by atomic mass is 9.86. The van der Waals surface area contributed by atoms with E-state index in [9.17, 15) is 18.0 Å². The molecule has 9 heteroatoms. The number of alkyl halides is 3. The number of amides is 1. The maximum absolute atomic E-state index is 13.2. The number of aryl methyl sites for hydroxylation is 2. The van der Waals surface area contributed by atoms with Gasteiger partial charge < -0.3 is 15.0 Å². The van der Waals surface area contributed by atoms with Gasteiger partial charge in [-0.05, 0) is 88.0 Å². The Morgan fingerprint density at radius 3 is 2.27 bits per heavy atom. The minimum atomic E-state index is -4.40. The SMILES string of the molecule is Cc1cccc(C)c1C(=O)NCCC(C)N1CCC(C(Oc2cccc(Cl)n2)c2ccc(C(F)(F)F)cc2)CC1. The van der Waals surface area contributed by atoms with Crippen LogP contribution in [0.1, 0.15) is 64.9 Å². The number of piperidine rings is 1. The van der Waals surface area contributed by atoms with Crippen molar-refractivity contribution >= 4 is 17.5 Å². The molecule has 4 rings (SSSR count). The Morgan fingerprint density at radius 2 is 1.68 bits per heavy atom. The number of likely N-dealkylation sites (tertiary alicyclic amines) is 1. The second-order valence-corrected chi connectivity index (χ2v) is 10.9. The number of rotatable bonds is 9. The molecule has 0 radical (unpaired) electrons. The van der Waals surface area contributed by atoms with Crippen molar-refractivity contribution in [1.29, 1.82) is 0 Å². The quantitative estimate of drug-likeness (QED) is 0.271. The summed E-state index contributed by atoms with van der Waals surface area (Å²) in [5.41, 5.74) is 2.65. The molecule has 1 amide bonds. The van der Waals surface area contributed by atoms with E-state index in [1.54, 1.807) is 18.2 Å². The van der Waals surface area contributed by atoms with E-state index >= 15 is 0 Å². The molecule has 2 heterocycles. The van der Waals surface area contributed by atoms with E-state index in [-0.39, 0.29) is 23.0 Å². The average molecular weight is 574 g/mol.